The van der Waals surface area contributed by atoms with Gasteiger partial charge in [0.15, 0.2) is 0 Å². The van der Waals surface area contributed by atoms with Gasteiger partial charge in [-0.05, 0) is 37.1 Å². The fourth-order valence-electron chi connectivity index (χ4n) is 2.87. The molecule has 1 aromatic carbocycles. The summed E-state index contributed by atoms with van der Waals surface area (Å²) in [5.41, 5.74) is -0.609. The van der Waals surface area contributed by atoms with Crippen molar-refractivity contribution in [2.24, 2.45) is 14.1 Å². The van der Waals surface area contributed by atoms with Gasteiger partial charge in [0.05, 0.1) is 10.6 Å². The van der Waals surface area contributed by atoms with Gasteiger partial charge in [0.25, 0.3) is 0 Å². The molecule has 1 aromatic heterocycles. The molecular weight excluding hydrogens is 332 g/mol. The molecule has 0 atom stereocenters. The number of hydrogen-bond acceptors (Lipinski definition) is 4. The summed E-state index contributed by atoms with van der Waals surface area (Å²) < 4.78 is 30.1. The van der Waals surface area contributed by atoms with Crippen LogP contribution in [-0.4, -0.2) is 39.7 Å². The van der Waals surface area contributed by atoms with Crippen LogP contribution in [0.5, 0.6) is 0 Å². The molecule has 24 heavy (non-hydrogen) atoms. The van der Waals surface area contributed by atoms with Gasteiger partial charge >= 0.3 is 11.4 Å². The summed E-state index contributed by atoms with van der Waals surface area (Å²) in [7, 11) is -0.536. The van der Waals surface area contributed by atoms with E-state index in [4.69, 9.17) is 0 Å². The Kier molecular flexibility index (Phi) is 4.22. The highest BCUT2D eigenvalue weighted by Crippen LogP contribution is 2.21. The molecule has 1 fully saturated rings. The van der Waals surface area contributed by atoms with Gasteiger partial charge in [0, 0.05) is 27.2 Å². The van der Waals surface area contributed by atoms with Gasteiger partial charge in [-0.15, -0.1) is 0 Å². The number of piperidine rings is 1. The molecule has 0 amide bonds. The minimum absolute atomic E-state index is 0.175. The van der Waals surface area contributed by atoms with Crippen molar-refractivity contribution in [1.82, 2.24) is 18.2 Å². The highest BCUT2D eigenvalue weighted by molar-refractivity contribution is 7.89. The van der Waals surface area contributed by atoms with E-state index in [1.54, 1.807) is 0 Å². The van der Waals surface area contributed by atoms with Crippen LogP contribution < -0.4 is 11.4 Å². The van der Waals surface area contributed by atoms with Crippen LogP contribution in [0.4, 0.5) is 0 Å². The van der Waals surface area contributed by atoms with Crippen LogP contribution >= 0.6 is 0 Å². The van der Waals surface area contributed by atoms with Crippen LogP contribution in [0.25, 0.3) is 5.69 Å². The zero-order chi connectivity index (χ0) is 17.5. The Labute approximate surface area is 139 Å². The molecule has 0 spiro atoms. The zero-order valence-electron chi connectivity index (χ0n) is 13.7. The average Bonchev–Trinajstić information content (AvgIpc) is 2.79. The van der Waals surface area contributed by atoms with Gasteiger partial charge in [-0.25, -0.2) is 31.9 Å². The molecule has 2 heterocycles. The lowest BCUT2D eigenvalue weighted by atomic mass is 10.2. The number of aromatic nitrogens is 3. The Morgan fingerprint density at radius 1 is 0.833 bits per heavy atom. The van der Waals surface area contributed by atoms with Gasteiger partial charge < -0.3 is 0 Å². The smallest absolute Gasteiger partial charge is 0.246 e. The second-order valence-electron chi connectivity index (χ2n) is 5.91. The van der Waals surface area contributed by atoms with Crippen LogP contribution in [0.15, 0.2) is 38.8 Å². The molecule has 1 aliphatic heterocycles. The molecule has 2 aromatic rings. The van der Waals surface area contributed by atoms with E-state index in [-0.39, 0.29) is 4.90 Å². The van der Waals surface area contributed by atoms with E-state index >= 15 is 0 Å². The lowest BCUT2D eigenvalue weighted by Crippen LogP contribution is -2.35. The minimum Gasteiger partial charge on any atom is -0.246 e. The normalized spacial score (nSPS) is 16.4. The van der Waals surface area contributed by atoms with Gasteiger partial charge in [0.1, 0.15) is 0 Å². The second kappa shape index (κ2) is 6.06. The third-order valence-electron chi connectivity index (χ3n) is 4.43. The van der Waals surface area contributed by atoms with Crippen molar-refractivity contribution in [3.63, 3.8) is 0 Å². The molecule has 8 nitrogen and oxygen atoms in total. The third kappa shape index (κ3) is 2.63. The van der Waals surface area contributed by atoms with Gasteiger partial charge in [0.2, 0.25) is 10.0 Å². The first kappa shape index (κ1) is 16.7. The van der Waals surface area contributed by atoms with Gasteiger partial charge in [-0.2, -0.15) is 4.31 Å². The predicted octanol–water partition coefficient (Wildman–Crippen LogP) is 0.0493. The minimum atomic E-state index is -3.53. The molecule has 1 aliphatic rings. The summed E-state index contributed by atoms with van der Waals surface area (Å²) >= 11 is 0. The maximum absolute atomic E-state index is 12.6. The summed E-state index contributed by atoms with van der Waals surface area (Å²) in [6.45, 7) is 1.06. The Morgan fingerprint density at radius 2 is 1.33 bits per heavy atom. The molecule has 0 aliphatic carbocycles. The summed E-state index contributed by atoms with van der Waals surface area (Å²) in [6, 6.07) is 5.86. The molecule has 0 N–H and O–H groups in total. The molecule has 0 bridgehead atoms. The molecular formula is C15H20N4O4S. The maximum Gasteiger partial charge on any atom is 0.351 e. The van der Waals surface area contributed by atoms with Gasteiger partial charge in [-0.3, -0.25) is 0 Å². The zero-order valence-corrected chi connectivity index (χ0v) is 14.5. The quantitative estimate of drug-likeness (QED) is 0.781. The molecule has 3 rings (SSSR count). The molecule has 0 saturated carbocycles. The highest BCUT2D eigenvalue weighted by atomic mass is 32.2. The van der Waals surface area contributed by atoms with Crippen LogP contribution in [-0.2, 0) is 24.1 Å². The molecule has 130 valence electrons. The number of nitrogens with zero attached hydrogens (tertiary/aromatic N) is 4. The Bertz CT molecular complexity index is 927. The Morgan fingerprint density at radius 3 is 1.83 bits per heavy atom. The van der Waals surface area contributed by atoms with E-state index < -0.39 is 21.4 Å². The number of benzene rings is 1. The van der Waals surface area contributed by atoms with Crippen molar-refractivity contribution in [3.8, 4) is 5.69 Å². The second-order valence-corrected chi connectivity index (χ2v) is 7.84. The van der Waals surface area contributed by atoms with Crippen molar-refractivity contribution in [1.29, 1.82) is 0 Å². The van der Waals surface area contributed by atoms with Crippen molar-refractivity contribution in [2.45, 2.75) is 24.2 Å². The van der Waals surface area contributed by atoms with Crippen molar-refractivity contribution < 1.29 is 8.42 Å². The standard InChI is InChI=1S/C15H20N4O4S/c1-16-14(20)19(15(21)17(16)2)12-6-8-13(9-7-12)24(22,23)18-10-4-3-5-11-18/h6-9H,3-5,10-11H2,1-2H3. The summed E-state index contributed by atoms with van der Waals surface area (Å²) in [5.74, 6) is 0. The maximum atomic E-state index is 12.6. The van der Waals surface area contributed by atoms with Crippen molar-refractivity contribution in [2.75, 3.05) is 13.1 Å². The number of rotatable bonds is 3. The Hall–Kier alpha value is -2.13. The van der Waals surface area contributed by atoms with E-state index in [1.807, 2.05) is 0 Å². The first-order valence-electron chi connectivity index (χ1n) is 7.79. The summed E-state index contributed by atoms with van der Waals surface area (Å²) in [6.07, 6.45) is 2.78. The third-order valence-corrected chi connectivity index (χ3v) is 6.35. The molecule has 0 unspecified atom stereocenters. The Balaban J connectivity index is 1.99. The largest absolute Gasteiger partial charge is 0.351 e. The van der Waals surface area contributed by atoms with E-state index in [0.29, 0.717) is 18.8 Å². The molecule has 1 saturated heterocycles. The fourth-order valence-corrected chi connectivity index (χ4v) is 4.39. The predicted molar refractivity (Wildman–Crippen MR) is 88.9 cm³/mol. The SMILES string of the molecule is Cn1c(=O)n(-c2ccc(S(=O)(=O)N3CCCCC3)cc2)c(=O)n1C. The van der Waals surface area contributed by atoms with Crippen molar-refractivity contribution >= 4 is 10.0 Å². The van der Waals surface area contributed by atoms with E-state index in [0.717, 1.165) is 23.8 Å². The van der Waals surface area contributed by atoms with Crippen LogP contribution in [0, 0.1) is 0 Å². The number of sulfonamides is 1. The summed E-state index contributed by atoms with van der Waals surface area (Å²) in [5, 5.41) is 0. The lowest BCUT2D eigenvalue weighted by Gasteiger charge is -2.25. The van der Waals surface area contributed by atoms with Crippen LogP contribution in [0.2, 0.25) is 0 Å². The van der Waals surface area contributed by atoms with Crippen LogP contribution in [0.3, 0.4) is 0 Å². The van der Waals surface area contributed by atoms with Crippen molar-refractivity contribution in [3.05, 3.63) is 45.2 Å². The van der Waals surface area contributed by atoms with E-state index in [1.165, 1.54) is 52.0 Å². The fraction of sp³-hybridized carbons (Fsp3) is 0.467. The molecule has 9 heteroatoms. The topological polar surface area (TPSA) is 86.3 Å². The first-order valence-corrected chi connectivity index (χ1v) is 9.23. The van der Waals surface area contributed by atoms with E-state index in [9.17, 15) is 18.0 Å². The summed E-state index contributed by atoms with van der Waals surface area (Å²) in [4.78, 5) is 24.4. The monoisotopic (exact) mass is 352 g/mol. The van der Waals surface area contributed by atoms with E-state index in [2.05, 4.69) is 0 Å². The average molecular weight is 352 g/mol. The first-order chi connectivity index (χ1) is 11.3. The van der Waals surface area contributed by atoms with Crippen LogP contribution in [0.1, 0.15) is 19.3 Å². The molecule has 0 radical (unpaired) electrons. The lowest BCUT2D eigenvalue weighted by molar-refractivity contribution is 0.346. The highest BCUT2D eigenvalue weighted by Gasteiger charge is 2.26. The van der Waals surface area contributed by atoms with Gasteiger partial charge in [-0.1, -0.05) is 6.42 Å². The number of hydrogen-bond donors (Lipinski definition) is 0.